The number of hydrogen-bond donors (Lipinski definition) is 1. The van der Waals surface area contributed by atoms with Gasteiger partial charge in [0.15, 0.2) is 11.5 Å². The van der Waals surface area contributed by atoms with Crippen LogP contribution >= 0.6 is 0 Å². The number of furan rings is 1. The second kappa shape index (κ2) is 16.6. The number of carbonyl (C=O) groups is 2. The molecule has 3 amide bonds. The number of benzene rings is 2. The summed E-state index contributed by atoms with van der Waals surface area (Å²) < 4.78 is 21.6. The SMILES string of the molecule is COCCCN(CC(=O)N(CCc1ccc(OC)c(OC)c1)Cc1ccco1)C(=O)Nc1c(C(C)C)cccc1C(C)C. The molecule has 1 heterocycles. The van der Waals surface area contributed by atoms with Crippen molar-refractivity contribution in [3.05, 3.63) is 77.2 Å². The second-order valence-corrected chi connectivity index (χ2v) is 11.2. The van der Waals surface area contributed by atoms with Crippen molar-refractivity contribution < 1.29 is 28.2 Å². The Bertz CT molecular complexity index is 1280. The Balaban J connectivity index is 1.83. The molecule has 1 N–H and O–H groups in total. The molecule has 43 heavy (non-hydrogen) atoms. The molecular formula is C34H47N3O6. The molecule has 0 aliphatic carbocycles. The minimum Gasteiger partial charge on any atom is -0.493 e. The van der Waals surface area contributed by atoms with E-state index in [9.17, 15) is 9.59 Å². The topological polar surface area (TPSA) is 93.5 Å². The van der Waals surface area contributed by atoms with Crippen molar-refractivity contribution in [3.8, 4) is 11.5 Å². The highest BCUT2D eigenvalue weighted by molar-refractivity contribution is 5.94. The number of para-hydroxylation sites is 1. The Morgan fingerprint density at radius 3 is 2.14 bits per heavy atom. The zero-order valence-electron chi connectivity index (χ0n) is 26.6. The monoisotopic (exact) mass is 593 g/mol. The molecule has 9 heteroatoms. The summed E-state index contributed by atoms with van der Waals surface area (Å²) >= 11 is 0. The number of anilines is 1. The molecule has 0 fully saturated rings. The first-order valence-corrected chi connectivity index (χ1v) is 14.9. The third kappa shape index (κ3) is 9.51. The number of methoxy groups -OCH3 is 3. The molecule has 0 radical (unpaired) electrons. The number of carbonyl (C=O) groups excluding carboxylic acids is 2. The van der Waals surface area contributed by atoms with Crippen LogP contribution in [-0.2, 0) is 22.5 Å². The lowest BCUT2D eigenvalue weighted by atomic mass is 9.93. The van der Waals surface area contributed by atoms with E-state index in [-0.39, 0.29) is 30.3 Å². The van der Waals surface area contributed by atoms with E-state index >= 15 is 0 Å². The smallest absolute Gasteiger partial charge is 0.322 e. The van der Waals surface area contributed by atoms with Gasteiger partial charge in [0.05, 0.1) is 27.0 Å². The molecule has 0 spiro atoms. The van der Waals surface area contributed by atoms with Crippen LogP contribution < -0.4 is 14.8 Å². The largest absolute Gasteiger partial charge is 0.493 e. The Morgan fingerprint density at radius 2 is 1.56 bits per heavy atom. The lowest BCUT2D eigenvalue weighted by Gasteiger charge is -2.29. The number of amides is 3. The van der Waals surface area contributed by atoms with Crippen molar-refractivity contribution in [1.82, 2.24) is 9.80 Å². The van der Waals surface area contributed by atoms with E-state index in [2.05, 4.69) is 33.0 Å². The van der Waals surface area contributed by atoms with Gasteiger partial charge in [-0.1, -0.05) is 52.0 Å². The molecule has 0 aliphatic heterocycles. The fourth-order valence-corrected chi connectivity index (χ4v) is 4.98. The molecule has 0 saturated carbocycles. The van der Waals surface area contributed by atoms with Crippen molar-refractivity contribution in [3.63, 3.8) is 0 Å². The van der Waals surface area contributed by atoms with Gasteiger partial charge in [-0.2, -0.15) is 0 Å². The van der Waals surface area contributed by atoms with Gasteiger partial charge in [-0.15, -0.1) is 0 Å². The molecule has 0 bridgehead atoms. The average molecular weight is 594 g/mol. The van der Waals surface area contributed by atoms with Gasteiger partial charge in [-0.3, -0.25) is 4.79 Å². The van der Waals surface area contributed by atoms with Crippen LogP contribution in [0.5, 0.6) is 11.5 Å². The summed E-state index contributed by atoms with van der Waals surface area (Å²) in [4.78, 5) is 31.0. The third-order valence-electron chi connectivity index (χ3n) is 7.39. The number of nitrogens with one attached hydrogen (secondary N) is 1. The maximum Gasteiger partial charge on any atom is 0.322 e. The van der Waals surface area contributed by atoms with Gasteiger partial charge >= 0.3 is 6.03 Å². The van der Waals surface area contributed by atoms with Gasteiger partial charge in [-0.05, 0) is 65.6 Å². The van der Waals surface area contributed by atoms with Gasteiger partial charge < -0.3 is 33.7 Å². The second-order valence-electron chi connectivity index (χ2n) is 11.2. The van der Waals surface area contributed by atoms with Crippen LogP contribution in [0.2, 0.25) is 0 Å². The van der Waals surface area contributed by atoms with Crippen LogP contribution in [0.3, 0.4) is 0 Å². The first kappa shape index (κ1) is 33.5. The maximum absolute atomic E-state index is 13.9. The highest BCUT2D eigenvalue weighted by Gasteiger charge is 2.24. The summed E-state index contributed by atoms with van der Waals surface area (Å²) in [5.74, 6) is 2.21. The summed E-state index contributed by atoms with van der Waals surface area (Å²) in [6, 6.07) is 15.2. The molecule has 3 aromatic rings. The Kier molecular flexibility index (Phi) is 12.9. The summed E-state index contributed by atoms with van der Waals surface area (Å²) in [5.41, 5.74) is 3.95. The number of urea groups is 1. The van der Waals surface area contributed by atoms with Crippen molar-refractivity contribution in [2.45, 2.75) is 58.9 Å². The highest BCUT2D eigenvalue weighted by atomic mass is 16.5. The van der Waals surface area contributed by atoms with Gasteiger partial charge in [0.25, 0.3) is 0 Å². The lowest BCUT2D eigenvalue weighted by Crippen LogP contribution is -2.45. The predicted octanol–water partition coefficient (Wildman–Crippen LogP) is 6.69. The summed E-state index contributed by atoms with van der Waals surface area (Å²) in [7, 11) is 4.82. The minimum atomic E-state index is -0.308. The highest BCUT2D eigenvalue weighted by Crippen LogP contribution is 2.33. The quantitative estimate of drug-likeness (QED) is 0.186. The van der Waals surface area contributed by atoms with E-state index in [1.54, 1.807) is 43.5 Å². The number of ether oxygens (including phenoxy) is 3. The normalized spacial score (nSPS) is 11.1. The van der Waals surface area contributed by atoms with E-state index in [4.69, 9.17) is 18.6 Å². The zero-order chi connectivity index (χ0) is 31.4. The molecule has 1 aromatic heterocycles. The molecule has 0 atom stereocenters. The molecule has 0 saturated heterocycles. The van der Waals surface area contributed by atoms with E-state index in [1.165, 1.54) is 0 Å². The first-order chi connectivity index (χ1) is 20.7. The molecule has 3 rings (SSSR count). The Hall–Kier alpha value is -3.98. The van der Waals surface area contributed by atoms with Crippen LogP contribution in [-0.4, -0.2) is 69.3 Å². The van der Waals surface area contributed by atoms with Gasteiger partial charge in [-0.25, -0.2) is 4.79 Å². The molecule has 2 aromatic carbocycles. The van der Waals surface area contributed by atoms with Crippen LogP contribution in [0, 0.1) is 0 Å². The van der Waals surface area contributed by atoms with Crippen molar-refractivity contribution in [2.75, 3.05) is 52.9 Å². The standard InChI is InChI=1S/C34H47N3O6/c1-24(2)28-12-8-13-29(25(3)4)33(28)35-34(39)37(17-10-19-40-5)23-32(38)36(22-27-11-9-20-43-27)18-16-26-14-15-30(41-6)31(21-26)42-7/h8-9,11-15,20-21,24-25H,10,16-19,22-23H2,1-7H3,(H,35,39). The predicted molar refractivity (Wildman–Crippen MR) is 169 cm³/mol. The Labute approximate surface area is 256 Å². The Morgan fingerprint density at radius 1 is 0.860 bits per heavy atom. The molecule has 0 aliphatic rings. The lowest BCUT2D eigenvalue weighted by molar-refractivity contribution is -0.132. The van der Waals surface area contributed by atoms with E-state index < -0.39 is 0 Å². The van der Waals surface area contributed by atoms with Crippen LogP contribution in [0.25, 0.3) is 0 Å². The van der Waals surface area contributed by atoms with Gasteiger partial charge in [0.1, 0.15) is 12.3 Å². The van der Waals surface area contributed by atoms with E-state index in [1.807, 2.05) is 42.5 Å². The number of rotatable bonds is 16. The minimum absolute atomic E-state index is 0.0803. The summed E-state index contributed by atoms with van der Waals surface area (Å²) in [6.07, 6.45) is 2.78. The fraction of sp³-hybridized carbons (Fsp3) is 0.471. The molecular weight excluding hydrogens is 546 g/mol. The molecule has 234 valence electrons. The molecule has 9 nitrogen and oxygen atoms in total. The average Bonchev–Trinajstić information content (AvgIpc) is 3.51. The van der Waals surface area contributed by atoms with Crippen molar-refractivity contribution >= 4 is 17.6 Å². The van der Waals surface area contributed by atoms with Crippen LogP contribution in [0.4, 0.5) is 10.5 Å². The number of hydrogen-bond acceptors (Lipinski definition) is 6. The molecule has 0 unspecified atom stereocenters. The first-order valence-electron chi connectivity index (χ1n) is 14.9. The zero-order valence-corrected chi connectivity index (χ0v) is 26.6. The van der Waals surface area contributed by atoms with Crippen LogP contribution in [0.1, 0.15) is 68.4 Å². The van der Waals surface area contributed by atoms with Crippen molar-refractivity contribution in [1.29, 1.82) is 0 Å². The third-order valence-corrected chi connectivity index (χ3v) is 7.39. The fourth-order valence-electron chi connectivity index (χ4n) is 4.98. The van der Waals surface area contributed by atoms with Gasteiger partial charge in [0, 0.05) is 32.5 Å². The van der Waals surface area contributed by atoms with E-state index in [0.29, 0.717) is 56.3 Å². The van der Waals surface area contributed by atoms with Crippen molar-refractivity contribution in [2.24, 2.45) is 0 Å². The maximum atomic E-state index is 13.9. The summed E-state index contributed by atoms with van der Waals surface area (Å²) in [6.45, 7) is 9.93. The van der Waals surface area contributed by atoms with E-state index in [0.717, 1.165) is 22.4 Å². The van der Waals surface area contributed by atoms with Gasteiger partial charge in [0.2, 0.25) is 5.91 Å². The van der Waals surface area contributed by atoms with Crippen LogP contribution in [0.15, 0.2) is 59.2 Å². The summed E-state index contributed by atoms with van der Waals surface area (Å²) in [5, 5.41) is 3.17. The number of nitrogens with zero attached hydrogens (tertiary/aromatic N) is 2.